The fraction of sp³-hybridized carbons (Fsp3) is 0.379. The Morgan fingerprint density at radius 2 is 1.85 bits per heavy atom. The number of hydrogen-bond acceptors (Lipinski definition) is 4. The van der Waals surface area contributed by atoms with Crippen LogP contribution in [0.2, 0.25) is 0 Å². The van der Waals surface area contributed by atoms with Crippen LogP contribution in [-0.2, 0) is 6.54 Å². The van der Waals surface area contributed by atoms with Crippen LogP contribution in [0.3, 0.4) is 0 Å². The molecule has 0 saturated carbocycles. The first-order valence-electron chi connectivity index (χ1n) is 12.3. The monoisotopic (exact) mass is 457 g/mol. The molecule has 0 amide bonds. The van der Waals surface area contributed by atoms with Gasteiger partial charge in [-0.2, -0.15) is 0 Å². The largest absolute Gasteiger partial charge is 0.397 e. The van der Waals surface area contributed by atoms with Crippen molar-refractivity contribution in [1.82, 2.24) is 5.32 Å². The summed E-state index contributed by atoms with van der Waals surface area (Å²) in [4.78, 5) is 9.77. The van der Waals surface area contributed by atoms with Crippen molar-refractivity contribution in [2.75, 3.05) is 24.6 Å². The topological polar surface area (TPSA) is 74.8 Å². The van der Waals surface area contributed by atoms with Crippen LogP contribution in [0.4, 0.5) is 11.4 Å². The van der Waals surface area contributed by atoms with Gasteiger partial charge in [-0.3, -0.25) is 9.98 Å². The van der Waals surface area contributed by atoms with E-state index in [9.17, 15) is 0 Å². The molecule has 0 radical (unpaired) electrons. The molecule has 0 atom stereocenters. The second-order valence-corrected chi connectivity index (χ2v) is 9.03. The second-order valence-electron chi connectivity index (χ2n) is 9.03. The van der Waals surface area contributed by atoms with E-state index in [0.717, 1.165) is 58.2 Å². The maximum atomic E-state index is 6.03. The number of nitrogen functional groups attached to an aromatic ring is 1. The van der Waals surface area contributed by atoms with Crippen molar-refractivity contribution >= 4 is 22.9 Å². The Kier molecular flexibility index (Phi) is 9.08. The van der Waals surface area contributed by atoms with Gasteiger partial charge in [0, 0.05) is 30.3 Å². The maximum absolute atomic E-state index is 6.03. The van der Waals surface area contributed by atoms with Crippen LogP contribution in [0.5, 0.6) is 0 Å². The van der Waals surface area contributed by atoms with Gasteiger partial charge in [-0.15, -0.1) is 0 Å². The fourth-order valence-corrected chi connectivity index (χ4v) is 4.15. The predicted molar refractivity (Wildman–Crippen MR) is 148 cm³/mol. The van der Waals surface area contributed by atoms with Crippen molar-refractivity contribution in [3.8, 4) is 0 Å². The van der Waals surface area contributed by atoms with E-state index in [2.05, 4.69) is 68.3 Å². The minimum absolute atomic E-state index is 0.593. The zero-order valence-corrected chi connectivity index (χ0v) is 21.2. The Morgan fingerprint density at radius 3 is 2.56 bits per heavy atom. The molecule has 2 aromatic carbocycles. The van der Waals surface area contributed by atoms with Crippen molar-refractivity contribution in [1.29, 1.82) is 0 Å². The lowest BCUT2D eigenvalue weighted by molar-refractivity contribution is 0.677. The standard InChI is InChI=1S/C29H39N5/c1-6-7-8-9-10-27(32-19-23-13-16-25(30)26(17-23)31-5)34-22(4)28-21(3)18-33-29(28)24-14-11-20(2)12-15-24/h11-17,31H,4,6-10,18-19,30H2,1-3,5H3,(H,32,34). The second kappa shape index (κ2) is 12.2. The highest BCUT2D eigenvalue weighted by Crippen LogP contribution is 2.25. The number of nitrogens with two attached hydrogens (primary N) is 1. The number of hydrogen-bond donors (Lipinski definition) is 3. The van der Waals surface area contributed by atoms with Crippen LogP contribution in [-0.4, -0.2) is 25.1 Å². The molecule has 1 aliphatic rings. The number of aryl methyl sites for hydroxylation is 1. The molecule has 0 aliphatic carbocycles. The molecule has 0 bridgehead atoms. The quantitative estimate of drug-likeness (QED) is 0.158. The van der Waals surface area contributed by atoms with E-state index in [1.54, 1.807) is 0 Å². The van der Waals surface area contributed by atoms with Crippen molar-refractivity contribution in [2.45, 2.75) is 59.4 Å². The van der Waals surface area contributed by atoms with Crippen molar-refractivity contribution in [2.24, 2.45) is 9.98 Å². The summed E-state index contributed by atoms with van der Waals surface area (Å²) < 4.78 is 0. The minimum Gasteiger partial charge on any atom is -0.397 e. The molecular formula is C29H39N5. The molecule has 0 aromatic heterocycles. The third-order valence-electron chi connectivity index (χ3n) is 6.17. The Labute approximate surface area is 205 Å². The predicted octanol–water partition coefficient (Wildman–Crippen LogP) is 6.41. The summed E-state index contributed by atoms with van der Waals surface area (Å²) in [7, 11) is 1.88. The van der Waals surface area contributed by atoms with Crippen LogP contribution in [0.1, 0.15) is 62.6 Å². The molecule has 0 saturated heterocycles. The van der Waals surface area contributed by atoms with Gasteiger partial charge in [0.2, 0.25) is 0 Å². The van der Waals surface area contributed by atoms with Gasteiger partial charge in [0.1, 0.15) is 5.84 Å². The van der Waals surface area contributed by atoms with Gasteiger partial charge in [-0.05, 0) is 43.5 Å². The third kappa shape index (κ3) is 6.60. The highest BCUT2D eigenvalue weighted by Gasteiger charge is 2.21. The SMILES string of the molecule is C=C(NC(CCCCCC)=NCc1ccc(N)c(NC)c1)C1=C(C)CN=C1c1ccc(C)cc1. The lowest BCUT2D eigenvalue weighted by atomic mass is 9.97. The lowest BCUT2D eigenvalue weighted by Crippen LogP contribution is -2.26. The van der Waals surface area contributed by atoms with Gasteiger partial charge < -0.3 is 16.4 Å². The summed E-state index contributed by atoms with van der Waals surface area (Å²) in [6.07, 6.45) is 5.66. The van der Waals surface area contributed by atoms with Crippen LogP contribution in [0, 0.1) is 6.92 Å². The maximum Gasteiger partial charge on any atom is 0.101 e. The van der Waals surface area contributed by atoms with E-state index in [-0.39, 0.29) is 0 Å². The molecule has 3 rings (SSSR count). The Balaban J connectivity index is 1.78. The highest BCUT2D eigenvalue weighted by atomic mass is 15.0. The number of allylic oxidation sites excluding steroid dienone is 1. The zero-order valence-electron chi connectivity index (χ0n) is 21.2. The number of nitrogens with one attached hydrogen (secondary N) is 2. The first-order chi connectivity index (χ1) is 16.4. The number of anilines is 2. The van der Waals surface area contributed by atoms with E-state index in [1.165, 1.54) is 30.4 Å². The average molecular weight is 458 g/mol. The molecule has 1 heterocycles. The summed E-state index contributed by atoms with van der Waals surface area (Å²) >= 11 is 0. The van der Waals surface area contributed by atoms with E-state index >= 15 is 0 Å². The Hall–Kier alpha value is -3.34. The summed E-state index contributed by atoms with van der Waals surface area (Å²) in [5, 5.41) is 6.71. The summed E-state index contributed by atoms with van der Waals surface area (Å²) in [6, 6.07) is 14.6. The van der Waals surface area contributed by atoms with E-state index < -0.39 is 0 Å². The van der Waals surface area contributed by atoms with Gasteiger partial charge in [0.15, 0.2) is 0 Å². The molecule has 0 spiro atoms. The van der Waals surface area contributed by atoms with E-state index in [0.29, 0.717) is 13.1 Å². The number of amidine groups is 1. The molecular weight excluding hydrogens is 418 g/mol. The van der Waals surface area contributed by atoms with Gasteiger partial charge in [-0.1, -0.05) is 68.7 Å². The lowest BCUT2D eigenvalue weighted by Gasteiger charge is -2.17. The van der Waals surface area contributed by atoms with E-state index in [4.69, 9.17) is 15.7 Å². The number of aliphatic imine (C=N–C) groups is 2. The number of rotatable bonds is 11. The molecule has 2 aromatic rings. The molecule has 34 heavy (non-hydrogen) atoms. The highest BCUT2D eigenvalue weighted by molar-refractivity contribution is 6.17. The van der Waals surface area contributed by atoms with Gasteiger partial charge >= 0.3 is 0 Å². The van der Waals surface area contributed by atoms with E-state index in [1.807, 2.05) is 19.2 Å². The molecule has 180 valence electrons. The fourth-order valence-electron chi connectivity index (χ4n) is 4.15. The average Bonchev–Trinajstić information content (AvgIpc) is 3.22. The molecule has 5 heteroatoms. The summed E-state index contributed by atoms with van der Waals surface area (Å²) in [6.45, 7) is 12.2. The minimum atomic E-state index is 0.593. The van der Waals surface area contributed by atoms with Crippen molar-refractivity contribution < 1.29 is 0 Å². The van der Waals surface area contributed by atoms with Crippen molar-refractivity contribution in [3.05, 3.63) is 82.6 Å². The van der Waals surface area contributed by atoms with Crippen LogP contribution >= 0.6 is 0 Å². The van der Waals surface area contributed by atoms with Gasteiger partial charge in [0.05, 0.1) is 30.2 Å². The number of unbranched alkanes of at least 4 members (excludes halogenated alkanes) is 3. The molecule has 1 aliphatic heterocycles. The molecule has 4 N–H and O–H groups in total. The van der Waals surface area contributed by atoms with Gasteiger partial charge in [0.25, 0.3) is 0 Å². The number of benzene rings is 2. The first-order valence-corrected chi connectivity index (χ1v) is 12.3. The Morgan fingerprint density at radius 1 is 1.09 bits per heavy atom. The molecule has 0 unspecified atom stereocenters. The van der Waals surface area contributed by atoms with Crippen molar-refractivity contribution in [3.63, 3.8) is 0 Å². The van der Waals surface area contributed by atoms with Crippen LogP contribution < -0.4 is 16.4 Å². The van der Waals surface area contributed by atoms with Gasteiger partial charge in [-0.25, -0.2) is 0 Å². The first kappa shape index (κ1) is 25.3. The van der Waals surface area contributed by atoms with Crippen LogP contribution in [0.15, 0.2) is 75.9 Å². The summed E-state index contributed by atoms with van der Waals surface area (Å²) in [5.41, 5.74) is 15.4. The smallest absolute Gasteiger partial charge is 0.101 e. The third-order valence-corrected chi connectivity index (χ3v) is 6.17. The Bertz CT molecular complexity index is 1090. The summed E-state index contributed by atoms with van der Waals surface area (Å²) in [5.74, 6) is 0.972. The number of nitrogens with zero attached hydrogens (tertiary/aromatic N) is 2. The zero-order chi connectivity index (χ0) is 24.5. The van der Waals surface area contributed by atoms with Crippen LogP contribution in [0.25, 0.3) is 0 Å². The normalized spacial score (nSPS) is 13.8. The molecule has 5 nitrogen and oxygen atoms in total. The molecule has 0 fully saturated rings.